The molecule has 18 heavy (non-hydrogen) atoms. The Morgan fingerprint density at radius 1 is 1.39 bits per heavy atom. The van der Waals surface area contributed by atoms with Crippen LogP contribution >= 0.6 is 0 Å². The second kappa shape index (κ2) is 8.88. The Bertz CT molecular complexity index is 289. The van der Waals surface area contributed by atoms with Gasteiger partial charge in [0.1, 0.15) is 0 Å². The summed E-state index contributed by atoms with van der Waals surface area (Å²) in [6.07, 6.45) is 0.142. The molecule has 106 valence electrons. The first-order valence-corrected chi connectivity index (χ1v) is 6.29. The van der Waals surface area contributed by atoms with Gasteiger partial charge in [-0.3, -0.25) is 15.0 Å². The molecule has 0 radical (unpaired) electrons. The van der Waals surface area contributed by atoms with Crippen LogP contribution in [-0.4, -0.2) is 47.2 Å². The highest BCUT2D eigenvalue weighted by Crippen LogP contribution is 2.01. The number of carbonyl (C=O) groups excluding carboxylic acids is 2. The number of nitrogens with zero attached hydrogens (tertiary/aromatic N) is 1. The standard InChI is InChI=1S/C12H25N3O3/c1-5-10(13-9(4)16)11(17)8-15(7-3)14-12(18)6-2/h10-11,17H,5-8H2,1-4H3,(H,13,16)(H,14,18)/i4T. The highest BCUT2D eigenvalue weighted by molar-refractivity contribution is 5.75. The fraction of sp³-hybridized carbons (Fsp3) is 0.833. The molecule has 0 bridgehead atoms. The number of carbonyl (C=O) groups is 2. The Morgan fingerprint density at radius 3 is 2.50 bits per heavy atom. The lowest BCUT2D eigenvalue weighted by atomic mass is 10.1. The summed E-state index contributed by atoms with van der Waals surface area (Å²) in [5.74, 6) is -0.524. The lowest BCUT2D eigenvalue weighted by Crippen LogP contribution is -2.51. The van der Waals surface area contributed by atoms with Crippen molar-refractivity contribution in [3.63, 3.8) is 0 Å². The number of amides is 2. The number of aliphatic hydroxyl groups excluding tert-OH is 1. The maximum atomic E-state index is 11.3. The molecular weight excluding hydrogens is 234 g/mol. The van der Waals surface area contributed by atoms with Crippen LogP contribution in [0.2, 0.25) is 0 Å². The molecule has 0 rings (SSSR count). The second-order valence-corrected chi connectivity index (χ2v) is 4.08. The van der Waals surface area contributed by atoms with Crippen LogP contribution in [0.15, 0.2) is 0 Å². The molecule has 0 heterocycles. The molecule has 0 fully saturated rings. The van der Waals surface area contributed by atoms with E-state index in [1.807, 2.05) is 13.8 Å². The summed E-state index contributed by atoms with van der Waals surface area (Å²) in [6.45, 7) is 5.91. The first-order valence-electron chi connectivity index (χ1n) is 7.00. The van der Waals surface area contributed by atoms with Crippen LogP contribution < -0.4 is 10.7 Å². The molecule has 6 heteroatoms. The smallest absolute Gasteiger partial charge is 0.233 e. The minimum Gasteiger partial charge on any atom is -0.390 e. The molecule has 2 atom stereocenters. The Kier molecular flexibility index (Phi) is 7.36. The minimum absolute atomic E-state index is 0.114. The molecule has 0 aromatic rings. The van der Waals surface area contributed by atoms with Gasteiger partial charge in [0.15, 0.2) is 0 Å². The number of nitrogens with one attached hydrogen (secondary N) is 2. The van der Waals surface area contributed by atoms with Crippen LogP contribution in [-0.2, 0) is 9.59 Å². The number of hydrogen-bond donors (Lipinski definition) is 3. The molecular formula is C12H25N3O3. The lowest BCUT2D eigenvalue weighted by molar-refractivity contribution is -0.127. The predicted octanol–water partition coefficient (Wildman–Crippen LogP) is 0.0251. The number of likely N-dealkylation sites (N-methyl/N-ethyl adjacent to an activating group) is 1. The van der Waals surface area contributed by atoms with Gasteiger partial charge in [-0.05, 0) is 6.42 Å². The molecule has 2 unspecified atom stereocenters. The van der Waals surface area contributed by atoms with E-state index in [-0.39, 0.29) is 19.4 Å². The summed E-state index contributed by atoms with van der Waals surface area (Å²) in [5, 5.41) is 14.3. The van der Waals surface area contributed by atoms with Crippen molar-refractivity contribution in [1.29, 1.82) is 0 Å². The highest BCUT2D eigenvalue weighted by Gasteiger charge is 2.21. The summed E-state index contributed by atoms with van der Waals surface area (Å²) >= 11 is 0. The summed E-state index contributed by atoms with van der Waals surface area (Å²) in [6, 6.07) is -0.412. The van der Waals surface area contributed by atoms with Gasteiger partial charge in [0.05, 0.1) is 12.1 Å². The van der Waals surface area contributed by atoms with E-state index >= 15 is 0 Å². The topological polar surface area (TPSA) is 81.7 Å². The van der Waals surface area contributed by atoms with E-state index < -0.39 is 18.1 Å². The van der Waals surface area contributed by atoms with E-state index in [1.165, 1.54) is 0 Å². The Balaban J connectivity index is 4.38. The Labute approximate surface area is 110 Å². The van der Waals surface area contributed by atoms with Gasteiger partial charge in [0.25, 0.3) is 0 Å². The summed E-state index contributed by atoms with van der Waals surface area (Å²) in [4.78, 5) is 22.5. The highest BCUT2D eigenvalue weighted by atomic mass is 16.3. The molecule has 2 amide bonds. The number of aliphatic hydroxyl groups is 1. The zero-order chi connectivity index (χ0) is 14.8. The Morgan fingerprint density at radius 2 is 2.06 bits per heavy atom. The van der Waals surface area contributed by atoms with Crippen molar-refractivity contribution < 1.29 is 16.1 Å². The lowest BCUT2D eigenvalue weighted by Gasteiger charge is -2.28. The minimum atomic E-state index is -0.794. The molecule has 0 aromatic heterocycles. The fourth-order valence-electron chi connectivity index (χ4n) is 1.54. The Hall–Kier alpha value is -1.14. The van der Waals surface area contributed by atoms with Crippen molar-refractivity contribution in [3.05, 3.63) is 0 Å². The normalized spacial score (nSPS) is 14.8. The quantitative estimate of drug-likeness (QED) is 0.538. The van der Waals surface area contributed by atoms with Crippen LogP contribution in [0.4, 0.5) is 0 Å². The molecule has 0 spiro atoms. The average Bonchev–Trinajstić information content (AvgIpc) is 2.42. The van der Waals surface area contributed by atoms with Gasteiger partial charge < -0.3 is 10.4 Å². The van der Waals surface area contributed by atoms with Crippen molar-refractivity contribution in [1.82, 2.24) is 15.8 Å². The molecule has 0 aliphatic rings. The maximum Gasteiger partial charge on any atom is 0.233 e. The number of rotatable bonds is 8. The van der Waals surface area contributed by atoms with Crippen LogP contribution in [0.5, 0.6) is 0 Å². The number of hydrazine groups is 1. The molecule has 0 aromatic carbocycles. The van der Waals surface area contributed by atoms with E-state index in [0.29, 0.717) is 19.4 Å². The van der Waals surface area contributed by atoms with Crippen molar-refractivity contribution in [2.45, 2.75) is 52.7 Å². The molecule has 3 N–H and O–H groups in total. The monoisotopic (exact) mass is 261 g/mol. The largest absolute Gasteiger partial charge is 0.390 e. The maximum absolute atomic E-state index is 11.3. The van der Waals surface area contributed by atoms with Gasteiger partial charge in [-0.1, -0.05) is 20.8 Å². The molecule has 0 saturated carbocycles. The van der Waals surface area contributed by atoms with Gasteiger partial charge in [0, 0.05) is 27.8 Å². The molecule has 0 aliphatic carbocycles. The first kappa shape index (κ1) is 14.9. The van der Waals surface area contributed by atoms with Crippen LogP contribution in [0.3, 0.4) is 0 Å². The van der Waals surface area contributed by atoms with Gasteiger partial charge in [-0.15, -0.1) is 0 Å². The first-order chi connectivity index (χ1) is 8.98. The molecule has 6 nitrogen and oxygen atoms in total. The zero-order valence-electron chi connectivity index (χ0n) is 12.4. The van der Waals surface area contributed by atoms with Crippen molar-refractivity contribution in [2.24, 2.45) is 0 Å². The van der Waals surface area contributed by atoms with E-state index in [1.54, 1.807) is 11.9 Å². The fourth-order valence-corrected chi connectivity index (χ4v) is 1.54. The third kappa shape index (κ3) is 6.56. The van der Waals surface area contributed by atoms with Crippen LogP contribution in [0.1, 0.15) is 41.9 Å². The van der Waals surface area contributed by atoms with E-state index in [2.05, 4.69) is 10.7 Å². The summed E-state index contributed by atoms with van der Waals surface area (Å²) in [7, 11) is 0. The van der Waals surface area contributed by atoms with E-state index in [4.69, 9.17) is 1.37 Å². The van der Waals surface area contributed by atoms with Crippen molar-refractivity contribution >= 4 is 11.8 Å². The van der Waals surface area contributed by atoms with Gasteiger partial charge in [-0.25, -0.2) is 5.01 Å². The SMILES string of the molecule is [3H]CC(=O)NC(CC)C(O)CN(CC)NC(=O)CC. The molecule has 0 aliphatic heterocycles. The summed E-state index contributed by atoms with van der Waals surface area (Å²) < 4.78 is 6.95. The van der Waals surface area contributed by atoms with Gasteiger partial charge in [0.2, 0.25) is 11.8 Å². The predicted molar refractivity (Wildman–Crippen MR) is 69.6 cm³/mol. The average molecular weight is 261 g/mol. The van der Waals surface area contributed by atoms with Crippen molar-refractivity contribution in [2.75, 3.05) is 13.1 Å². The van der Waals surface area contributed by atoms with Crippen LogP contribution in [0, 0.1) is 0 Å². The van der Waals surface area contributed by atoms with E-state index in [9.17, 15) is 14.7 Å². The van der Waals surface area contributed by atoms with Gasteiger partial charge >= 0.3 is 0 Å². The van der Waals surface area contributed by atoms with Crippen LogP contribution in [0.25, 0.3) is 0 Å². The molecule has 0 saturated heterocycles. The second-order valence-electron chi connectivity index (χ2n) is 4.08. The zero-order valence-corrected chi connectivity index (χ0v) is 11.4. The van der Waals surface area contributed by atoms with Crippen molar-refractivity contribution in [3.8, 4) is 0 Å². The summed E-state index contributed by atoms with van der Waals surface area (Å²) in [5.41, 5.74) is 2.68. The third-order valence-electron chi connectivity index (χ3n) is 2.64. The van der Waals surface area contributed by atoms with E-state index in [0.717, 1.165) is 0 Å². The third-order valence-corrected chi connectivity index (χ3v) is 2.64. The van der Waals surface area contributed by atoms with Gasteiger partial charge in [-0.2, -0.15) is 0 Å². The number of hydrogen-bond acceptors (Lipinski definition) is 4.